The number of carbonyl (C=O) groups is 1. The average Bonchev–Trinajstić information content (AvgIpc) is 2.73. The third-order valence-corrected chi connectivity index (χ3v) is 3.53. The van der Waals surface area contributed by atoms with Crippen molar-refractivity contribution in [1.82, 2.24) is 5.32 Å². The number of rotatable bonds is 3. The Morgan fingerprint density at radius 3 is 2.65 bits per heavy atom. The van der Waals surface area contributed by atoms with Crippen LogP contribution in [0.1, 0.15) is 29.6 Å². The molecule has 2 rings (SSSR count). The van der Waals surface area contributed by atoms with Gasteiger partial charge in [-0.1, -0.05) is 0 Å². The highest BCUT2D eigenvalue weighted by atomic mass is 35.5. The van der Waals surface area contributed by atoms with Crippen LogP contribution in [0.5, 0.6) is 0 Å². The summed E-state index contributed by atoms with van der Waals surface area (Å²) in [6, 6.07) is 5.56. The number of hydrogen-bond donors (Lipinski definition) is 1. The van der Waals surface area contributed by atoms with Gasteiger partial charge in [-0.3, -0.25) is 4.79 Å². The standard InChI is InChI=1S/C13H15ClFNO/c14-11-4-1-9(7-11)8-16-13(17)10-2-5-12(15)6-3-10/h2-3,5-6,9,11H,1,4,7-8H2,(H,16,17). The van der Waals surface area contributed by atoms with E-state index in [1.54, 1.807) is 0 Å². The largest absolute Gasteiger partial charge is 0.352 e. The third kappa shape index (κ3) is 3.43. The molecule has 0 aliphatic heterocycles. The number of halogens is 2. The Morgan fingerprint density at radius 1 is 1.35 bits per heavy atom. The Balaban J connectivity index is 1.83. The average molecular weight is 256 g/mol. The van der Waals surface area contributed by atoms with Gasteiger partial charge in [0.15, 0.2) is 0 Å². The minimum absolute atomic E-state index is 0.150. The van der Waals surface area contributed by atoms with E-state index in [4.69, 9.17) is 11.6 Å². The monoisotopic (exact) mass is 255 g/mol. The Kier molecular flexibility index (Phi) is 4.00. The quantitative estimate of drug-likeness (QED) is 0.827. The molecule has 2 atom stereocenters. The summed E-state index contributed by atoms with van der Waals surface area (Å²) in [7, 11) is 0. The normalized spacial score (nSPS) is 23.6. The summed E-state index contributed by atoms with van der Waals surface area (Å²) < 4.78 is 12.7. The van der Waals surface area contributed by atoms with Crippen molar-refractivity contribution in [3.8, 4) is 0 Å². The van der Waals surface area contributed by atoms with E-state index in [9.17, 15) is 9.18 Å². The van der Waals surface area contributed by atoms with E-state index in [-0.39, 0.29) is 17.1 Å². The zero-order valence-electron chi connectivity index (χ0n) is 9.46. The number of amides is 1. The third-order valence-electron chi connectivity index (χ3n) is 3.13. The predicted molar refractivity (Wildman–Crippen MR) is 65.7 cm³/mol. The first-order valence-electron chi connectivity index (χ1n) is 5.83. The Bertz CT molecular complexity index is 393. The van der Waals surface area contributed by atoms with Crippen molar-refractivity contribution in [2.45, 2.75) is 24.6 Å². The fraction of sp³-hybridized carbons (Fsp3) is 0.462. The van der Waals surface area contributed by atoms with Gasteiger partial charge in [0.1, 0.15) is 5.82 Å². The number of nitrogens with one attached hydrogen (secondary N) is 1. The topological polar surface area (TPSA) is 29.1 Å². The van der Waals surface area contributed by atoms with E-state index in [0.717, 1.165) is 19.3 Å². The molecule has 0 radical (unpaired) electrons. The van der Waals surface area contributed by atoms with Gasteiger partial charge in [0.2, 0.25) is 0 Å². The van der Waals surface area contributed by atoms with Crippen molar-refractivity contribution >= 4 is 17.5 Å². The van der Waals surface area contributed by atoms with Crippen LogP contribution in [0.3, 0.4) is 0 Å². The number of alkyl halides is 1. The molecule has 92 valence electrons. The molecular weight excluding hydrogens is 241 g/mol. The summed E-state index contributed by atoms with van der Waals surface area (Å²) in [4.78, 5) is 11.7. The van der Waals surface area contributed by atoms with Crippen molar-refractivity contribution in [1.29, 1.82) is 0 Å². The summed E-state index contributed by atoms with van der Waals surface area (Å²) in [5.74, 6) is -0.00718. The summed E-state index contributed by atoms with van der Waals surface area (Å²) in [5, 5.41) is 3.11. The van der Waals surface area contributed by atoms with Crippen molar-refractivity contribution in [3.63, 3.8) is 0 Å². The van der Waals surface area contributed by atoms with Gasteiger partial charge >= 0.3 is 0 Å². The van der Waals surface area contributed by atoms with Crippen molar-refractivity contribution in [3.05, 3.63) is 35.6 Å². The molecule has 0 aromatic heterocycles. The van der Waals surface area contributed by atoms with Crippen LogP contribution in [0.25, 0.3) is 0 Å². The molecule has 0 bridgehead atoms. The van der Waals surface area contributed by atoms with Gasteiger partial charge < -0.3 is 5.32 Å². The van der Waals surface area contributed by atoms with Crippen molar-refractivity contribution < 1.29 is 9.18 Å². The Hall–Kier alpha value is -1.09. The lowest BCUT2D eigenvalue weighted by molar-refractivity contribution is 0.0947. The fourth-order valence-corrected chi connectivity index (χ4v) is 2.52. The fourth-order valence-electron chi connectivity index (χ4n) is 2.14. The van der Waals surface area contributed by atoms with Gasteiger partial charge in [-0.15, -0.1) is 11.6 Å². The van der Waals surface area contributed by atoms with Crippen LogP contribution in [0.2, 0.25) is 0 Å². The second-order valence-corrected chi connectivity index (χ2v) is 5.11. The second-order valence-electron chi connectivity index (χ2n) is 4.49. The molecule has 1 amide bonds. The number of benzene rings is 1. The van der Waals surface area contributed by atoms with Gasteiger partial charge in [-0.25, -0.2) is 4.39 Å². The van der Waals surface area contributed by atoms with E-state index < -0.39 is 0 Å². The zero-order chi connectivity index (χ0) is 12.3. The van der Waals surface area contributed by atoms with Crippen LogP contribution < -0.4 is 5.32 Å². The molecule has 17 heavy (non-hydrogen) atoms. The first-order chi connectivity index (χ1) is 8.15. The molecule has 1 aliphatic rings. The number of carbonyl (C=O) groups excluding carboxylic acids is 1. The maximum absolute atomic E-state index is 12.7. The van der Waals surface area contributed by atoms with Crippen molar-refractivity contribution in [2.75, 3.05) is 6.54 Å². The molecule has 1 saturated carbocycles. The molecule has 1 aliphatic carbocycles. The minimum Gasteiger partial charge on any atom is -0.352 e. The van der Waals surface area contributed by atoms with Gasteiger partial charge in [0.25, 0.3) is 5.91 Å². The summed E-state index contributed by atoms with van der Waals surface area (Å²) in [6.07, 6.45) is 3.06. The predicted octanol–water partition coefficient (Wildman–Crippen LogP) is 2.96. The van der Waals surface area contributed by atoms with Crippen LogP contribution in [0.4, 0.5) is 4.39 Å². The lowest BCUT2D eigenvalue weighted by atomic mass is 10.1. The Labute approximate surface area is 105 Å². The highest BCUT2D eigenvalue weighted by Gasteiger charge is 2.23. The Morgan fingerprint density at radius 2 is 2.06 bits per heavy atom. The molecule has 2 nitrogen and oxygen atoms in total. The van der Waals surface area contributed by atoms with Gasteiger partial charge in [0, 0.05) is 17.5 Å². The summed E-state index contributed by atoms with van der Waals surface area (Å²) >= 11 is 6.00. The van der Waals surface area contributed by atoms with E-state index in [2.05, 4.69) is 5.32 Å². The molecule has 1 N–H and O–H groups in total. The lowest BCUT2D eigenvalue weighted by Gasteiger charge is -2.10. The zero-order valence-corrected chi connectivity index (χ0v) is 10.2. The molecule has 1 fully saturated rings. The van der Waals surface area contributed by atoms with Crippen LogP contribution in [0, 0.1) is 11.7 Å². The molecule has 0 saturated heterocycles. The van der Waals surface area contributed by atoms with E-state index in [1.165, 1.54) is 24.3 Å². The molecule has 4 heteroatoms. The molecule has 0 heterocycles. The van der Waals surface area contributed by atoms with Gasteiger partial charge in [-0.05, 0) is 49.4 Å². The highest BCUT2D eigenvalue weighted by Crippen LogP contribution is 2.28. The smallest absolute Gasteiger partial charge is 0.251 e. The highest BCUT2D eigenvalue weighted by molar-refractivity contribution is 6.20. The van der Waals surface area contributed by atoms with Crippen LogP contribution in [-0.4, -0.2) is 17.8 Å². The van der Waals surface area contributed by atoms with Crippen LogP contribution in [-0.2, 0) is 0 Å². The van der Waals surface area contributed by atoms with E-state index in [0.29, 0.717) is 18.0 Å². The van der Waals surface area contributed by atoms with Crippen molar-refractivity contribution in [2.24, 2.45) is 5.92 Å². The molecular formula is C13H15ClFNO. The minimum atomic E-state index is -0.331. The SMILES string of the molecule is O=C(NCC1CCC(Cl)C1)c1ccc(F)cc1. The lowest BCUT2D eigenvalue weighted by Crippen LogP contribution is -2.28. The first kappa shape index (κ1) is 12.4. The summed E-state index contributed by atoms with van der Waals surface area (Å²) in [6.45, 7) is 0.652. The van der Waals surface area contributed by atoms with E-state index >= 15 is 0 Å². The molecule has 1 aromatic carbocycles. The van der Waals surface area contributed by atoms with Crippen LogP contribution in [0.15, 0.2) is 24.3 Å². The second kappa shape index (κ2) is 5.50. The molecule has 0 spiro atoms. The maximum Gasteiger partial charge on any atom is 0.251 e. The van der Waals surface area contributed by atoms with Gasteiger partial charge in [0.05, 0.1) is 0 Å². The molecule has 1 aromatic rings. The maximum atomic E-state index is 12.7. The number of hydrogen-bond acceptors (Lipinski definition) is 1. The summed E-state index contributed by atoms with van der Waals surface area (Å²) in [5.41, 5.74) is 0.492. The first-order valence-corrected chi connectivity index (χ1v) is 6.26. The molecule has 2 unspecified atom stereocenters. The van der Waals surface area contributed by atoms with E-state index in [1.807, 2.05) is 0 Å². The van der Waals surface area contributed by atoms with Crippen LogP contribution >= 0.6 is 11.6 Å². The van der Waals surface area contributed by atoms with Gasteiger partial charge in [-0.2, -0.15) is 0 Å².